The first-order valence-electron chi connectivity index (χ1n) is 14.9. The maximum Gasteiger partial charge on any atom is 0.0384 e. The van der Waals surface area contributed by atoms with E-state index in [0.29, 0.717) is 6.04 Å². The van der Waals surface area contributed by atoms with Gasteiger partial charge in [-0.1, -0.05) is 99.2 Å². The SMILES string of the molecule is CC(N)CCCCCCCCC(N)C(c1ccc(Nc2ccccc2)cc1)c1ccc(Nc2ccccc2)cc1. The second-order valence-corrected chi connectivity index (χ2v) is 11.0. The molecule has 0 aliphatic rings. The van der Waals surface area contributed by atoms with Crippen LogP contribution in [-0.4, -0.2) is 12.1 Å². The zero-order valence-corrected chi connectivity index (χ0v) is 23.9. The number of nitrogens with one attached hydrogen (secondary N) is 2. The number of nitrogens with two attached hydrogens (primary N) is 2. The third-order valence-electron chi connectivity index (χ3n) is 7.54. The molecule has 4 aromatic carbocycles. The highest BCUT2D eigenvalue weighted by atomic mass is 14.9. The molecule has 0 aromatic heterocycles. The molecule has 2 atom stereocenters. The number of rotatable bonds is 16. The van der Waals surface area contributed by atoms with Gasteiger partial charge in [-0.05, 0) is 79.4 Å². The lowest BCUT2D eigenvalue weighted by Gasteiger charge is -2.26. The van der Waals surface area contributed by atoms with Crippen molar-refractivity contribution >= 4 is 22.7 Å². The summed E-state index contributed by atoms with van der Waals surface area (Å²) in [7, 11) is 0. The highest BCUT2D eigenvalue weighted by Crippen LogP contribution is 2.32. The number of para-hydroxylation sites is 2. The average Bonchev–Trinajstić information content (AvgIpc) is 2.97. The van der Waals surface area contributed by atoms with Crippen molar-refractivity contribution in [1.29, 1.82) is 0 Å². The topological polar surface area (TPSA) is 76.1 Å². The van der Waals surface area contributed by atoms with E-state index >= 15 is 0 Å². The standard InChI is InChI=1S/C36H46N4/c1-28(37)14-8-4-2-3-5-13-19-35(38)36(29-20-24-33(25-21-29)39-31-15-9-6-10-16-31)30-22-26-34(27-23-30)40-32-17-11-7-12-18-32/h6-7,9-12,15-18,20-28,35-36,39-40H,2-5,8,13-14,19,37-38H2,1H3. The largest absolute Gasteiger partial charge is 0.356 e. The van der Waals surface area contributed by atoms with E-state index in [-0.39, 0.29) is 12.0 Å². The van der Waals surface area contributed by atoms with Crippen LogP contribution in [-0.2, 0) is 0 Å². The molecule has 0 radical (unpaired) electrons. The van der Waals surface area contributed by atoms with Crippen molar-refractivity contribution in [1.82, 2.24) is 0 Å². The van der Waals surface area contributed by atoms with E-state index in [4.69, 9.17) is 11.5 Å². The highest BCUT2D eigenvalue weighted by Gasteiger charge is 2.22. The molecule has 0 saturated carbocycles. The van der Waals surface area contributed by atoms with Crippen molar-refractivity contribution in [3.8, 4) is 0 Å². The second-order valence-electron chi connectivity index (χ2n) is 11.0. The van der Waals surface area contributed by atoms with Gasteiger partial charge in [-0.15, -0.1) is 0 Å². The van der Waals surface area contributed by atoms with E-state index < -0.39 is 0 Å². The summed E-state index contributed by atoms with van der Waals surface area (Å²) in [5.41, 5.74) is 19.7. The molecule has 0 spiro atoms. The molecule has 6 N–H and O–H groups in total. The summed E-state index contributed by atoms with van der Waals surface area (Å²) in [6.07, 6.45) is 9.62. The first-order valence-corrected chi connectivity index (χ1v) is 14.9. The Morgan fingerprint density at radius 2 is 0.850 bits per heavy atom. The summed E-state index contributed by atoms with van der Waals surface area (Å²) in [5.74, 6) is 0.141. The molecular formula is C36H46N4. The molecule has 4 heteroatoms. The van der Waals surface area contributed by atoms with Gasteiger partial charge in [0.25, 0.3) is 0 Å². The van der Waals surface area contributed by atoms with Crippen LogP contribution in [0.15, 0.2) is 109 Å². The first-order chi connectivity index (χ1) is 19.6. The molecular weight excluding hydrogens is 488 g/mol. The van der Waals surface area contributed by atoms with Crippen molar-refractivity contribution in [2.24, 2.45) is 11.5 Å². The van der Waals surface area contributed by atoms with E-state index in [1.54, 1.807) is 0 Å². The normalized spacial score (nSPS) is 12.7. The summed E-state index contributed by atoms with van der Waals surface area (Å²) < 4.78 is 0. The Kier molecular flexibility index (Phi) is 11.6. The van der Waals surface area contributed by atoms with Gasteiger partial charge in [0.1, 0.15) is 0 Å². The molecule has 0 heterocycles. The monoisotopic (exact) mass is 534 g/mol. The average molecular weight is 535 g/mol. The van der Waals surface area contributed by atoms with E-state index in [9.17, 15) is 0 Å². The number of anilines is 4. The second kappa shape index (κ2) is 15.9. The van der Waals surface area contributed by atoms with Gasteiger partial charge in [-0.3, -0.25) is 0 Å². The van der Waals surface area contributed by atoms with Crippen molar-refractivity contribution in [2.45, 2.75) is 76.3 Å². The molecule has 0 amide bonds. The number of hydrogen-bond donors (Lipinski definition) is 4. The fourth-order valence-corrected chi connectivity index (χ4v) is 5.33. The van der Waals surface area contributed by atoms with Gasteiger partial charge >= 0.3 is 0 Å². The predicted molar refractivity (Wildman–Crippen MR) is 173 cm³/mol. The van der Waals surface area contributed by atoms with Gasteiger partial charge in [0, 0.05) is 40.8 Å². The Morgan fingerprint density at radius 3 is 1.27 bits per heavy atom. The lowest BCUT2D eigenvalue weighted by atomic mass is 9.83. The van der Waals surface area contributed by atoms with Crippen LogP contribution in [0.25, 0.3) is 0 Å². The highest BCUT2D eigenvalue weighted by molar-refractivity contribution is 5.61. The summed E-state index contributed by atoms with van der Waals surface area (Å²) in [5, 5.41) is 6.98. The minimum atomic E-state index is 0.0546. The van der Waals surface area contributed by atoms with Crippen molar-refractivity contribution in [2.75, 3.05) is 10.6 Å². The number of benzene rings is 4. The summed E-state index contributed by atoms with van der Waals surface area (Å²) in [6, 6.07) is 38.5. The maximum atomic E-state index is 6.96. The Balaban J connectivity index is 1.41. The third kappa shape index (κ3) is 9.55. The molecule has 0 aliphatic carbocycles. The van der Waals surface area contributed by atoms with E-state index in [2.05, 4.69) is 90.4 Å². The molecule has 0 fully saturated rings. The fraction of sp³-hybridized carbons (Fsp3) is 0.333. The van der Waals surface area contributed by atoms with Gasteiger partial charge in [0.2, 0.25) is 0 Å². The Hall–Kier alpha value is -3.60. The van der Waals surface area contributed by atoms with Crippen LogP contribution >= 0.6 is 0 Å². The summed E-state index contributed by atoms with van der Waals surface area (Å²) >= 11 is 0. The van der Waals surface area contributed by atoms with Crippen LogP contribution < -0.4 is 22.1 Å². The maximum absolute atomic E-state index is 6.96. The van der Waals surface area contributed by atoms with Crippen LogP contribution in [0.5, 0.6) is 0 Å². The van der Waals surface area contributed by atoms with Gasteiger partial charge in [-0.2, -0.15) is 0 Å². The van der Waals surface area contributed by atoms with Gasteiger partial charge < -0.3 is 22.1 Å². The lowest BCUT2D eigenvalue weighted by molar-refractivity contribution is 0.494. The third-order valence-corrected chi connectivity index (χ3v) is 7.54. The quantitative estimate of drug-likeness (QED) is 0.108. The lowest BCUT2D eigenvalue weighted by Crippen LogP contribution is -2.29. The minimum Gasteiger partial charge on any atom is -0.356 e. The molecule has 0 bridgehead atoms. The van der Waals surface area contributed by atoms with Crippen molar-refractivity contribution < 1.29 is 0 Å². The molecule has 0 saturated heterocycles. The smallest absolute Gasteiger partial charge is 0.0384 e. The molecule has 210 valence electrons. The zero-order chi connectivity index (χ0) is 28.0. The van der Waals surface area contributed by atoms with Crippen LogP contribution in [0.2, 0.25) is 0 Å². The number of unbranched alkanes of at least 4 members (excludes halogenated alkanes) is 5. The molecule has 4 aromatic rings. The van der Waals surface area contributed by atoms with Gasteiger partial charge in [0.15, 0.2) is 0 Å². The van der Waals surface area contributed by atoms with Gasteiger partial charge in [0.05, 0.1) is 0 Å². The van der Waals surface area contributed by atoms with Crippen LogP contribution in [0.1, 0.15) is 75.3 Å². The molecule has 4 rings (SSSR count). The summed E-state index contributed by atoms with van der Waals surface area (Å²) in [4.78, 5) is 0. The summed E-state index contributed by atoms with van der Waals surface area (Å²) in [6.45, 7) is 2.10. The molecule has 0 aliphatic heterocycles. The van der Waals surface area contributed by atoms with E-state index in [1.165, 1.54) is 43.2 Å². The molecule has 4 nitrogen and oxygen atoms in total. The van der Waals surface area contributed by atoms with E-state index in [0.717, 1.165) is 42.0 Å². The zero-order valence-electron chi connectivity index (χ0n) is 23.9. The number of hydrogen-bond acceptors (Lipinski definition) is 4. The van der Waals surface area contributed by atoms with Crippen LogP contribution in [0.4, 0.5) is 22.7 Å². The minimum absolute atomic E-state index is 0.0546. The van der Waals surface area contributed by atoms with Crippen molar-refractivity contribution in [3.05, 3.63) is 120 Å². The van der Waals surface area contributed by atoms with Gasteiger partial charge in [-0.25, -0.2) is 0 Å². The Morgan fingerprint density at radius 1 is 0.475 bits per heavy atom. The van der Waals surface area contributed by atoms with E-state index in [1.807, 2.05) is 36.4 Å². The Bertz CT molecular complexity index is 1140. The Labute approximate surface area is 241 Å². The van der Waals surface area contributed by atoms with Crippen LogP contribution in [0.3, 0.4) is 0 Å². The molecule has 2 unspecified atom stereocenters. The van der Waals surface area contributed by atoms with Crippen LogP contribution in [0, 0.1) is 0 Å². The predicted octanol–water partition coefficient (Wildman–Crippen LogP) is 9.10. The first kappa shape index (κ1) is 29.4. The molecule has 40 heavy (non-hydrogen) atoms. The fourth-order valence-electron chi connectivity index (χ4n) is 5.33. The van der Waals surface area contributed by atoms with Crippen molar-refractivity contribution in [3.63, 3.8) is 0 Å².